The number of hydrogen-bond acceptors (Lipinski definition) is 3. The zero-order valence-corrected chi connectivity index (χ0v) is 9.37. The summed E-state index contributed by atoms with van der Waals surface area (Å²) < 4.78 is 5.29. The Labute approximate surface area is 98.2 Å². The average molecular weight is 235 g/mol. The Bertz CT molecular complexity index is 532. The molecule has 0 bridgehead atoms. The first kappa shape index (κ1) is 9.73. The highest BCUT2D eigenvalue weighted by molar-refractivity contribution is 6.29. The van der Waals surface area contributed by atoms with Gasteiger partial charge in [-0.3, -0.25) is 4.98 Å². The number of anilines is 1. The van der Waals surface area contributed by atoms with Gasteiger partial charge in [0.2, 0.25) is 0 Å². The Morgan fingerprint density at radius 3 is 2.75 bits per heavy atom. The quantitative estimate of drug-likeness (QED) is 0.866. The maximum Gasteiger partial charge on any atom is 0.194 e. The van der Waals surface area contributed by atoms with Crippen LogP contribution in [0.1, 0.15) is 24.3 Å². The van der Waals surface area contributed by atoms with Crippen LogP contribution in [-0.4, -0.2) is 4.98 Å². The van der Waals surface area contributed by atoms with E-state index in [1.807, 2.05) is 12.3 Å². The molecule has 4 heteroatoms. The Balaban J connectivity index is 2.01. The van der Waals surface area contributed by atoms with Gasteiger partial charge in [0.05, 0.1) is 5.69 Å². The number of hydrogen-bond donors (Lipinski definition) is 1. The first-order valence-corrected chi connectivity index (χ1v) is 5.63. The highest BCUT2D eigenvalue weighted by Crippen LogP contribution is 2.41. The van der Waals surface area contributed by atoms with Gasteiger partial charge in [0.1, 0.15) is 5.69 Å². The van der Waals surface area contributed by atoms with Crippen LogP contribution in [0.2, 0.25) is 5.22 Å². The van der Waals surface area contributed by atoms with Gasteiger partial charge in [-0.15, -0.1) is 0 Å². The summed E-state index contributed by atoms with van der Waals surface area (Å²) in [6, 6.07) is 5.45. The Morgan fingerprint density at radius 1 is 1.38 bits per heavy atom. The largest absolute Gasteiger partial charge is 0.443 e. The van der Waals surface area contributed by atoms with Gasteiger partial charge in [0.15, 0.2) is 11.0 Å². The maximum atomic E-state index is 5.96. The number of nitrogen functional groups attached to an aromatic ring is 1. The van der Waals surface area contributed by atoms with Crippen molar-refractivity contribution in [1.82, 2.24) is 4.98 Å². The molecule has 1 saturated carbocycles. The lowest BCUT2D eigenvalue weighted by Crippen LogP contribution is -1.94. The van der Waals surface area contributed by atoms with Gasteiger partial charge in [-0.25, -0.2) is 0 Å². The van der Waals surface area contributed by atoms with Crippen LogP contribution in [-0.2, 0) is 0 Å². The summed E-state index contributed by atoms with van der Waals surface area (Å²) in [7, 11) is 0. The fourth-order valence-electron chi connectivity index (χ4n) is 1.79. The molecule has 1 aliphatic carbocycles. The molecule has 1 aliphatic rings. The summed E-state index contributed by atoms with van der Waals surface area (Å²) >= 11 is 5.72. The molecule has 0 atom stereocenters. The van der Waals surface area contributed by atoms with Crippen LogP contribution in [0, 0.1) is 0 Å². The van der Waals surface area contributed by atoms with E-state index in [1.165, 1.54) is 18.4 Å². The molecule has 3 nitrogen and oxygen atoms in total. The van der Waals surface area contributed by atoms with Crippen molar-refractivity contribution in [3.05, 3.63) is 35.2 Å². The Morgan fingerprint density at radius 2 is 2.19 bits per heavy atom. The number of halogens is 1. The number of pyridine rings is 1. The number of nitrogens with zero attached hydrogens (tertiary/aromatic N) is 1. The lowest BCUT2D eigenvalue weighted by Gasteiger charge is -2.04. The van der Waals surface area contributed by atoms with Gasteiger partial charge in [-0.1, -0.05) is 0 Å². The second kappa shape index (κ2) is 3.52. The fraction of sp³-hybridized carbons (Fsp3) is 0.250. The van der Waals surface area contributed by atoms with E-state index in [2.05, 4.69) is 4.98 Å². The van der Waals surface area contributed by atoms with Crippen LogP contribution in [0.25, 0.3) is 11.5 Å². The van der Waals surface area contributed by atoms with Crippen molar-refractivity contribution in [2.24, 2.45) is 0 Å². The predicted molar refractivity (Wildman–Crippen MR) is 63.3 cm³/mol. The summed E-state index contributed by atoms with van der Waals surface area (Å²) in [4.78, 5) is 4.35. The molecule has 1 fully saturated rings. The minimum atomic E-state index is 0.350. The van der Waals surface area contributed by atoms with Crippen LogP contribution >= 0.6 is 11.6 Å². The van der Waals surface area contributed by atoms with E-state index >= 15 is 0 Å². The van der Waals surface area contributed by atoms with Gasteiger partial charge in [-0.2, -0.15) is 0 Å². The van der Waals surface area contributed by atoms with Crippen molar-refractivity contribution >= 4 is 17.3 Å². The summed E-state index contributed by atoms with van der Waals surface area (Å²) in [5.74, 6) is 1.27. The van der Waals surface area contributed by atoms with Crippen molar-refractivity contribution in [3.8, 4) is 11.5 Å². The highest BCUT2D eigenvalue weighted by atomic mass is 35.5. The van der Waals surface area contributed by atoms with Crippen LogP contribution in [0.15, 0.2) is 28.8 Å². The smallest absolute Gasteiger partial charge is 0.194 e. The third-order valence-corrected chi connectivity index (χ3v) is 3.00. The van der Waals surface area contributed by atoms with Gasteiger partial charge in [-0.05, 0) is 54.1 Å². The number of furan rings is 1. The second-order valence-electron chi connectivity index (χ2n) is 4.08. The molecule has 0 radical (unpaired) electrons. The SMILES string of the molecule is Nc1cc(C2CC2)cnc1-c1ccc(Cl)o1. The van der Waals surface area contributed by atoms with E-state index < -0.39 is 0 Å². The third kappa shape index (κ3) is 1.67. The van der Waals surface area contributed by atoms with Crippen LogP contribution in [0.3, 0.4) is 0 Å². The number of nitrogens with two attached hydrogens (primary N) is 1. The molecular weight excluding hydrogens is 224 g/mol. The number of rotatable bonds is 2. The summed E-state index contributed by atoms with van der Waals surface area (Å²) in [5, 5.41) is 0.350. The molecule has 3 rings (SSSR count). The lowest BCUT2D eigenvalue weighted by molar-refractivity contribution is 0.582. The monoisotopic (exact) mass is 234 g/mol. The molecule has 2 N–H and O–H groups in total. The molecule has 2 aromatic heterocycles. The highest BCUT2D eigenvalue weighted by Gasteiger charge is 2.24. The van der Waals surface area contributed by atoms with Gasteiger partial charge in [0.25, 0.3) is 0 Å². The second-order valence-corrected chi connectivity index (χ2v) is 4.46. The van der Waals surface area contributed by atoms with E-state index in [0.29, 0.717) is 28.3 Å². The minimum absolute atomic E-state index is 0.350. The van der Waals surface area contributed by atoms with Crippen LogP contribution < -0.4 is 5.73 Å². The van der Waals surface area contributed by atoms with Gasteiger partial charge < -0.3 is 10.2 Å². The zero-order valence-electron chi connectivity index (χ0n) is 8.61. The van der Waals surface area contributed by atoms with Crippen molar-refractivity contribution in [1.29, 1.82) is 0 Å². The van der Waals surface area contributed by atoms with E-state index in [9.17, 15) is 0 Å². The van der Waals surface area contributed by atoms with Crippen LogP contribution in [0.5, 0.6) is 0 Å². The molecule has 2 aromatic rings. The van der Waals surface area contributed by atoms with E-state index in [0.717, 1.165) is 0 Å². The normalized spacial score (nSPS) is 15.3. The summed E-state index contributed by atoms with van der Waals surface area (Å²) in [6.45, 7) is 0. The third-order valence-electron chi connectivity index (χ3n) is 2.79. The predicted octanol–water partition coefficient (Wildman–Crippen LogP) is 3.45. The summed E-state index contributed by atoms with van der Waals surface area (Å²) in [5.41, 5.74) is 8.50. The molecule has 0 spiro atoms. The fourth-order valence-corrected chi connectivity index (χ4v) is 1.93. The zero-order chi connectivity index (χ0) is 11.1. The van der Waals surface area contributed by atoms with Crippen molar-refractivity contribution in [3.63, 3.8) is 0 Å². The molecule has 0 unspecified atom stereocenters. The molecule has 0 aromatic carbocycles. The molecule has 82 valence electrons. The lowest BCUT2D eigenvalue weighted by atomic mass is 10.1. The van der Waals surface area contributed by atoms with Gasteiger partial charge in [0, 0.05) is 6.20 Å². The van der Waals surface area contributed by atoms with Crippen molar-refractivity contribution < 1.29 is 4.42 Å². The molecule has 0 amide bonds. The topological polar surface area (TPSA) is 52.0 Å². The van der Waals surface area contributed by atoms with E-state index in [4.69, 9.17) is 21.8 Å². The summed E-state index contributed by atoms with van der Waals surface area (Å²) in [6.07, 6.45) is 4.36. The molecule has 0 saturated heterocycles. The molecule has 16 heavy (non-hydrogen) atoms. The number of aromatic nitrogens is 1. The first-order valence-electron chi connectivity index (χ1n) is 5.25. The van der Waals surface area contributed by atoms with Gasteiger partial charge >= 0.3 is 0 Å². The molecule has 0 aliphatic heterocycles. The molecule has 2 heterocycles. The standard InChI is InChI=1S/C12H11ClN2O/c13-11-4-3-10(16-11)12-9(14)5-8(6-15-12)7-1-2-7/h3-7H,1-2,14H2. The Hall–Kier alpha value is -1.48. The van der Waals surface area contributed by atoms with E-state index in [-0.39, 0.29) is 0 Å². The molecular formula is C12H11ClN2O. The van der Waals surface area contributed by atoms with Crippen molar-refractivity contribution in [2.75, 3.05) is 5.73 Å². The Kier molecular flexibility index (Phi) is 2.14. The minimum Gasteiger partial charge on any atom is -0.443 e. The van der Waals surface area contributed by atoms with Crippen LogP contribution in [0.4, 0.5) is 5.69 Å². The maximum absolute atomic E-state index is 5.96. The van der Waals surface area contributed by atoms with E-state index in [1.54, 1.807) is 12.1 Å². The average Bonchev–Trinajstić information content (AvgIpc) is 3.02. The van der Waals surface area contributed by atoms with Crippen molar-refractivity contribution in [2.45, 2.75) is 18.8 Å². The first-order chi connectivity index (χ1) is 7.74.